The van der Waals surface area contributed by atoms with Crippen molar-refractivity contribution in [3.05, 3.63) is 29.3 Å². The number of nitrogens with zero attached hydrogens (tertiary/aromatic N) is 1. The zero-order chi connectivity index (χ0) is 13.8. The smallest absolute Gasteiger partial charge is 0.122 e. The number of benzene rings is 1. The summed E-state index contributed by atoms with van der Waals surface area (Å²) < 4.78 is 5.53. The van der Waals surface area contributed by atoms with Crippen LogP contribution in [0.15, 0.2) is 18.2 Å². The van der Waals surface area contributed by atoms with E-state index in [0.717, 1.165) is 24.3 Å². The molecule has 1 aliphatic heterocycles. The highest BCUT2D eigenvalue weighted by Crippen LogP contribution is 2.29. The van der Waals surface area contributed by atoms with Crippen LogP contribution >= 0.6 is 0 Å². The van der Waals surface area contributed by atoms with Gasteiger partial charge in [-0.2, -0.15) is 5.26 Å². The van der Waals surface area contributed by atoms with E-state index >= 15 is 0 Å². The van der Waals surface area contributed by atoms with Gasteiger partial charge in [-0.3, -0.25) is 5.32 Å². The fourth-order valence-corrected chi connectivity index (χ4v) is 3.28. The van der Waals surface area contributed by atoms with Crippen LogP contribution in [0.1, 0.15) is 55.7 Å². The molecule has 1 N–H and O–H groups in total. The molecule has 0 radical (unpaired) electrons. The standard InChI is InChI=1S/C17H22N2O/c18-12-16(19-15-5-3-1-2-4-6-15)13-7-8-17-14(11-13)9-10-20-17/h7-8,11,15-16,19H,1-6,9-10H2. The second-order valence-electron chi connectivity index (χ2n) is 5.88. The molecule has 1 aromatic rings. The Hall–Kier alpha value is -1.53. The van der Waals surface area contributed by atoms with E-state index < -0.39 is 0 Å². The summed E-state index contributed by atoms with van der Waals surface area (Å²) in [6.07, 6.45) is 8.61. The zero-order valence-corrected chi connectivity index (χ0v) is 11.9. The lowest BCUT2D eigenvalue weighted by Gasteiger charge is -2.21. The van der Waals surface area contributed by atoms with Gasteiger partial charge in [-0.15, -0.1) is 0 Å². The molecule has 0 amide bonds. The molecule has 0 bridgehead atoms. The Morgan fingerprint density at radius 3 is 2.75 bits per heavy atom. The zero-order valence-electron chi connectivity index (χ0n) is 11.9. The fourth-order valence-electron chi connectivity index (χ4n) is 3.28. The number of nitrogens with one attached hydrogen (secondary N) is 1. The summed E-state index contributed by atoms with van der Waals surface area (Å²) in [5.74, 6) is 0.986. The lowest BCUT2D eigenvalue weighted by Crippen LogP contribution is -2.31. The molecule has 1 aliphatic carbocycles. The van der Waals surface area contributed by atoms with Crippen LogP contribution in [0.25, 0.3) is 0 Å². The Morgan fingerprint density at radius 2 is 2.00 bits per heavy atom. The van der Waals surface area contributed by atoms with E-state index in [2.05, 4.69) is 17.5 Å². The van der Waals surface area contributed by atoms with Crippen LogP contribution in [-0.2, 0) is 6.42 Å². The molecule has 1 saturated carbocycles. The summed E-state index contributed by atoms with van der Waals surface area (Å²) in [6.45, 7) is 0.770. The van der Waals surface area contributed by atoms with E-state index in [1.165, 1.54) is 44.1 Å². The van der Waals surface area contributed by atoms with Gasteiger partial charge < -0.3 is 4.74 Å². The summed E-state index contributed by atoms with van der Waals surface area (Å²) in [4.78, 5) is 0. The van der Waals surface area contributed by atoms with Crippen molar-refractivity contribution in [3.8, 4) is 11.8 Å². The Balaban J connectivity index is 1.71. The first-order valence-electron chi connectivity index (χ1n) is 7.78. The second kappa shape index (κ2) is 6.28. The summed E-state index contributed by atoms with van der Waals surface area (Å²) in [5.41, 5.74) is 2.33. The molecule has 1 aromatic carbocycles. The van der Waals surface area contributed by atoms with Gasteiger partial charge in [0, 0.05) is 12.5 Å². The van der Waals surface area contributed by atoms with Gasteiger partial charge in [0.25, 0.3) is 0 Å². The molecule has 20 heavy (non-hydrogen) atoms. The first kappa shape index (κ1) is 13.5. The van der Waals surface area contributed by atoms with Crippen molar-refractivity contribution in [2.24, 2.45) is 0 Å². The summed E-state index contributed by atoms with van der Waals surface area (Å²) >= 11 is 0. The van der Waals surface area contributed by atoms with Gasteiger partial charge in [-0.1, -0.05) is 31.7 Å². The maximum Gasteiger partial charge on any atom is 0.122 e. The molecule has 0 saturated heterocycles. The molecule has 0 spiro atoms. The quantitative estimate of drug-likeness (QED) is 0.855. The predicted molar refractivity (Wildman–Crippen MR) is 78.6 cm³/mol. The van der Waals surface area contributed by atoms with E-state index in [4.69, 9.17) is 4.74 Å². The molecule has 1 unspecified atom stereocenters. The summed E-state index contributed by atoms with van der Waals surface area (Å²) in [7, 11) is 0. The molecule has 106 valence electrons. The first-order chi connectivity index (χ1) is 9.86. The van der Waals surface area contributed by atoms with E-state index in [1.807, 2.05) is 12.1 Å². The molecular weight excluding hydrogens is 248 g/mol. The summed E-state index contributed by atoms with van der Waals surface area (Å²) in [6, 6.07) is 8.91. The van der Waals surface area contributed by atoms with E-state index in [-0.39, 0.29) is 6.04 Å². The lowest BCUT2D eigenvalue weighted by molar-refractivity contribution is 0.356. The Bertz CT molecular complexity index is 498. The lowest BCUT2D eigenvalue weighted by atomic mass is 10.0. The highest BCUT2D eigenvalue weighted by molar-refractivity contribution is 5.41. The van der Waals surface area contributed by atoms with Crippen LogP contribution < -0.4 is 10.1 Å². The van der Waals surface area contributed by atoms with Crippen LogP contribution in [0.2, 0.25) is 0 Å². The van der Waals surface area contributed by atoms with Crippen LogP contribution in [0, 0.1) is 11.3 Å². The van der Waals surface area contributed by atoms with Crippen molar-refractivity contribution in [2.75, 3.05) is 6.61 Å². The third-order valence-electron chi connectivity index (χ3n) is 4.43. The average molecular weight is 270 g/mol. The molecule has 2 aliphatic rings. The molecule has 1 heterocycles. The topological polar surface area (TPSA) is 45.0 Å². The third kappa shape index (κ3) is 2.96. The van der Waals surface area contributed by atoms with Crippen LogP contribution in [-0.4, -0.2) is 12.6 Å². The van der Waals surface area contributed by atoms with Crippen LogP contribution in [0.3, 0.4) is 0 Å². The highest BCUT2D eigenvalue weighted by atomic mass is 16.5. The van der Waals surface area contributed by atoms with E-state index in [9.17, 15) is 5.26 Å². The predicted octanol–water partition coefficient (Wildman–Crippen LogP) is 3.50. The van der Waals surface area contributed by atoms with Gasteiger partial charge in [0.2, 0.25) is 0 Å². The highest BCUT2D eigenvalue weighted by Gasteiger charge is 2.20. The normalized spacial score (nSPS) is 20.6. The largest absolute Gasteiger partial charge is 0.493 e. The number of fused-ring (bicyclic) bond motifs is 1. The van der Waals surface area contributed by atoms with E-state index in [1.54, 1.807) is 0 Å². The number of rotatable bonds is 3. The molecule has 3 heteroatoms. The van der Waals surface area contributed by atoms with Gasteiger partial charge >= 0.3 is 0 Å². The van der Waals surface area contributed by atoms with Gasteiger partial charge in [0.1, 0.15) is 11.8 Å². The summed E-state index contributed by atoms with van der Waals surface area (Å²) in [5, 5.41) is 13.0. The van der Waals surface area contributed by atoms with Crippen molar-refractivity contribution in [1.82, 2.24) is 5.32 Å². The molecular formula is C17H22N2O. The van der Waals surface area contributed by atoms with Gasteiger partial charge in [0.05, 0.1) is 12.7 Å². The second-order valence-corrected chi connectivity index (χ2v) is 5.88. The van der Waals surface area contributed by atoms with Crippen LogP contribution in [0.5, 0.6) is 5.75 Å². The Morgan fingerprint density at radius 1 is 1.20 bits per heavy atom. The Labute approximate surface area is 120 Å². The van der Waals surface area contributed by atoms with Crippen LogP contribution in [0.4, 0.5) is 0 Å². The number of hydrogen-bond acceptors (Lipinski definition) is 3. The fraction of sp³-hybridized carbons (Fsp3) is 0.588. The van der Waals surface area contributed by atoms with Crippen molar-refractivity contribution in [3.63, 3.8) is 0 Å². The minimum absolute atomic E-state index is 0.191. The Kier molecular flexibility index (Phi) is 4.22. The van der Waals surface area contributed by atoms with Crippen molar-refractivity contribution < 1.29 is 4.74 Å². The molecule has 3 rings (SSSR count). The number of ether oxygens (including phenoxy) is 1. The monoisotopic (exact) mass is 270 g/mol. The maximum absolute atomic E-state index is 9.49. The molecule has 3 nitrogen and oxygen atoms in total. The average Bonchev–Trinajstić information content (AvgIpc) is 2.79. The SMILES string of the molecule is N#CC(NC1CCCCCC1)c1ccc2c(c1)CCO2. The number of hydrogen-bond donors (Lipinski definition) is 1. The van der Waals surface area contributed by atoms with Gasteiger partial charge in [-0.05, 0) is 36.1 Å². The minimum atomic E-state index is -0.191. The first-order valence-corrected chi connectivity index (χ1v) is 7.78. The number of nitriles is 1. The van der Waals surface area contributed by atoms with Crippen molar-refractivity contribution in [2.45, 2.75) is 57.0 Å². The van der Waals surface area contributed by atoms with Crippen molar-refractivity contribution >= 4 is 0 Å². The third-order valence-corrected chi connectivity index (χ3v) is 4.43. The minimum Gasteiger partial charge on any atom is -0.493 e. The molecule has 1 fully saturated rings. The van der Waals surface area contributed by atoms with Gasteiger partial charge in [0.15, 0.2) is 0 Å². The van der Waals surface area contributed by atoms with Gasteiger partial charge in [-0.25, -0.2) is 0 Å². The molecule has 1 atom stereocenters. The van der Waals surface area contributed by atoms with E-state index in [0.29, 0.717) is 6.04 Å². The van der Waals surface area contributed by atoms with Crippen molar-refractivity contribution in [1.29, 1.82) is 5.26 Å². The maximum atomic E-state index is 9.49. The molecule has 0 aromatic heterocycles.